The van der Waals surface area contributed by atoms with Crippen LogP contribution >= 0.6 is 0 Å². The van der Waals surface area contributed by atoms with Gasteiger partial charge in [-0.15, -0.1) is 10.2 Å². The lowest BCUT2D eigenvalue weighted by molar-refractivity contribution is 0.0376. The summed E-state index contributed by atoms with van der Waals surface area (Å²) < 4.78 is 13.4. The molecule has 0 N–H and O–H groups in total. The van der Waals surface area contributed by atoms with Crippen molar-refractivity contribution in [2.45, 2.75) is 26.0 Å². The monoisotopic (exact) mass is 339 g/mol. The van der Waals surface area contributed by atoms with Crippen LogP contribution in [0.25, 0.3) is 11.5 Å². The van der Waals surface area contributed by atoms with E-state index in [9.17, 15) is 0 Å². The van der Waals surface area contributed by atoms with Gasteiger partial charge < -0.3 is 14.1 Å². The molecule has 0 saturated carbocycles. The van der Waals surface area contributed by atoms with Gasteiger partial charge in [-0.3, -0.25) is 9.55 Å². The summed E-state index contributed by atoms with van der Waals surface area (Å²) in [5, 5.41) is 8.89. The molecule has 4 heterocycles. The van der Waals surface area contributed by atoms with Crippen molar-refractivity contribution in [3.05, 3.63) is 48.6 Å². The van der Waals surface area contributed by atoms with Gasteiger partial charge in [0, 0.05) is 19.3 Å². The fraction of sp³-hybridized carbons (Fsp3) is 0.389. The predicted octanol–water partition coefficient (Wildman–Crippen LogP) is 2.60. The Bertz CT molecular complexity index is 800. The second-order valence-corrected chi connectivity index (χ2v) is 6.05. The van der Waals surface area contributed by atoms with Gasteiger partial charge in [0.2, 0.25) is 5.95 Å². The van der Waals surface area contributed by atoms with Crippen LogP contribution in [0.5, 0.6) is 0 Å². The summed E-state index contributed by atoms with van der Waals surface area (Å²) >= 11 is 0. The zero-order valence-corrected chi connectivity index (χ0v) is 14.2. The van der Waals surface area contributed by atoms with Gasteiger partial charge in [-0.05, 0) is 30.7 Å². The summed E-state index contributed by atoms with van der Waals surface area (Å²) in [6.07, 6.45) is 4.65. The summed E-state index contributed by atoms with van der Waals surface area (Å²) in [6, 6.07) is 9.64. The van der Waals surface area contributed by atoms with Crippen molar-refractivity contribution in [1.29, 1.82) is 0 Å². The molecule has 0 spiro atoms. The van der Waals surface area contributed by atoms with Crippen LogP contribution < -0.4 is 4.90 Å². The van der Waals surface area contributed by atoms with E-state index in [-0.39, 0.29) is 6.10 Å². The molecule has 3 aromatic rings. The van der Waals surface area contributed by atoms with Crippen molar-refractivity contribution in [1.82, 2.24) is 19.7 Å². The lowest BCUT2D eigenvalue weighted by Gasteiger charge is -2.33. The maximum Gasteiger partial charge on any atom is 0.228 e. The van der Waals surface area contributed by atoms with Crippen molar-refractivity contribution in [2.75, 3.05) is 24.6 Å². The first-order valence-corrected chi connectivity index (χ1v) is 8.58. The number of pyridine rings is 1. The van der Waals surface area contributed by atoms with E-state index in [1.54, 1.807) is 12.5 Å². The molecule has 0 amide bonds. The Morgan fingerprint density at radius 2 is 2.16 bits per heavy atom. The molecule has 1 aliphatic heterocycles. The highest BCUT2D eigenvalue weighted by atomic mass is 16.5. The lowest BCUT2D eigenvalue weighted by Crippen LogP contribution is -2.43. The third kappa shape index (κ3) is 3.28. The lowest BCUT2D eigenvalue weighted by atomic mass is 10.2. The van der Waals surface area contributed by atoms with Gasteiger partial charge in [-0.25, -0.2) is 0 Å². The van der Waals surface area contributed by atoms with Crippen molar-refractivity contribution in [3.8, 4) is 11.5 Å². The van der Waals surface area contributed by atoms with Gasteiger partial charge in [0.15, 0.2) is 5.82 Å². The molecule has 7 heteroatoms. The zero-order valence-electron chi connectivity index (χ0n) is 14.2. The smallest absolute Gasteiger partial charge is 0.228 e. The molecule has 1 atom stereocenters. The summed E-state index contributed by atoms with van der Waals surface area (Å²) in [5.74, 6) is 2.43. The number of furan rings is 1. The summed E-state index contributed by atoms with van der Waals surface area (Å²) in [7, 11) is 0. The molecule has 0 bridgehead atoms. The van der Waals surface area contributed by atoms with Crippen LogP contribution in [0, 0.1) is 0 Å². The highest BCUT2D eigenvalue weighted by molar-refractivity contribution is 5.53. The van der Waals surface area contributed by atoms with Crippen LogP contribution in [0.4, 0.5) is 5.95 Å². The number of ether oxygens (including phenoxy) is 1. The molecular formula is C18H21N5O2. The minimum atomic E-state index is 0.223. The van der Waals surface area contributed by atoms with Gasteiger partial charge in [-0.2, -0.15) is 0 Å². The maximum atomic E-state index is 5.79. The Hall–Kier alpha value is -2.67. The van der Waals surface area contributed by atoms with Crippen LogP contribution in [-0.2, 0) is 11.3 Å². The molecule has 130 valence electrons. The third-order valence-electron chi connectivity index (χ3n) is 4.40. The number of nitrogens with zero attached hydrogens (tertiary/aromatic N) is 5. The largest absolute Gasteiger partial charge is 0.467 e. The predicted molar refractivity (Wildman–Crippen MR) is 93.3 cm³/mol. The number of anilines is 1. The van der Waals surface area contributed by atoms with Crippen LogP contribution in [0.1, 0.15) is 19.1 Å². The fourth-order valence-corrected chi connectivity index (χ4v) is 3.07. The van der Waals surface area contributed by atoms with Crippen molar-refractivity contribution in [3.63, 3.8) is 0 Å². The molecule has 4 rings (SSSR count). The van der Waals surface area contributed by atoms with Crippen molar-refractivity contribution < 1.29 is 9.15 Å². The van der Waals surface area contributed by atoms with E-state index >= 15 is 0 Å². The second kappa shape index (κ2) is 7.06. The van der Waals surface area contributed by atoms with Gasteiger partial charge >= 0.3 is 0 Å². The van der Waals surface area contributed by atoms with E-state index in [1.807, 2.05) is 30.3 Å². The van der Waals surface area contributed by atoms with E-state index in [0.29, 0.717) is 13.2 Å². The average Bonchev–Trinajstić information content (AvgIpc) is 3.33. The molecule has 0 aromatic carbocycles. The third-order valence-corrected chi connectivity index (χ3v) is 4.40. The van der Waals surface area contributed by atoms with Crippen molar-refractivity contribution >= 4 is 5.95 Å². The van der Waals surface area contributed by atoms with Gasteiger partial charge in [-0.1, -0.05) is 13.0 Å². The molecule has 1 fully saturated rings. The number of morpholine rings is 1. The van der Waals surface area contributed by atoms with Crippen LogP contribution in [0.2, 0.25) is 0 Å². The maximum absolute atomic E-state index is 5.79. The standard InChI is InChI=1S/C18H21N5O2/c1-2-14-12-22(9-11-25-14)18-21-20-17(16-7-3-4-8-19-16)23(18)13-15-6-5-10-24-15/h3-8,10,14H,2,9,11-13H2,1H3. The van der Waals surface area contributed by atoms with E-state index in [0.717, 1.165) is 42.7 Å². The molecule has 7 nitrogen and oxygen atoms in total. The minimum Gasteiger partial charge on any atom is -0.467 e. The van der Waals surface area contributed by atoms with E-state index in [2.05, 4.69) is 31.6 Å². The highest BCUT2D eigenvalue weighted by Gasteiger charge is 2.25. The fourth-order valence-electron chi connectivity index (χ4n) is 3.07. The Morgan fingerprint density at radius 1 is 1.20 bits per heavy atom. The topological polar surface area (TPSA) is 69.2 Å². The van der Waals surface area contributed by atoms with Gasteiger partial charge in [0.1, 0.15) is 11.5 Å². The Kier molecular flexibility index (Phi) is 4.47. The quantitative estimate of drug-likeness (QED) is 0.712. The number of hydrogen-bond acceptors (Lipinski definition) is 6. The number of aromatic nitrogens is 4. The summed E-state index contributed by atoms with van der Waals surface area (Å²) in [4.78, 5) is 6.67. The molecule has 25 heavy (non-hydrogen) atoms. The molecule has 0 aliphatic carbocycles. The molecular weight excluding hydrogens is 318 g/mol. The average molecular weight is 339 g/mol. The van der Waals surface area contributed by atoms with E-state index in [1.165, 1.54) is 0 Å². The molecule has 1 saturated heterocycles. The first kappa shape index (κ1) is 15.8. The molecule has 1 aliphatic rings. The Morgan fingerprint density at radius 3 is 2.92 bits per heavy atom. The highest BCUT2D eigenvalue weighted by Crippen LogP contribution is 2.24. The van der Waals surface area contributed by atoms with E-state index in [4.69, 9.17) is 9.15 Å². The Labute approximate surface area is 146 Å². The van der Waals surface area contributed by atoms with Crippen molar-refractivity contribution in [2.24, 2.45) is 0 Å². The normalized spacial score (nSPS) is 17.8. The minimum absolute atomic E-state index is 0.223. The summed E-state index contributed by atoms with van der Waals surface area (Å²) in [6.45, 7) is 5.02. The Balaban J connectivity index is 1.72. The van der Waals surface area contributed by atoms with E-state index < -0.39 is 0 Å². The molecule has 3 aromatic heterocycles. The molecule has 0 radical (unpaired) electrons. The van der Waals surface area contributed by atoms with Gasteiger partial charge in [0.25, 0.3) is 0 Å². The summed E-state index contributed by atoms with van der Waals surface area (Å²) in [5.41, 5.74) is 0.799. The molecule has 1 unspecified atom stereocenters. The SMILES string of the molecule is CCC1CN(c2nnc(-c3ccccn3)n2Cc2ccco2)CCO1. The van der Waals surface area contributed by atoms with Crippen LogP contribution in [-0.4, -0.2) is 45.5 Å². The zero-order chi connectivity index (χ0) is 17.1. The number of rotatable bonds is 5. The first-order chi connectivity index (χ1) is 12.3. The van der Waals surface area contributed by atoms with Crippen LogP contribution in [0.3, 0.4) is 0 Å². The van der Waals surface area contributed by atoms with Crippen LogP contribution in [0.15, 0.2) is 47.2 Å². The number of hydrogen-bond donors (Lipinski definition) is 0. The second-order valence-electron chi connectivity index (χ2n) is 6.05. The van der Waals surface area contributed by atoms with Gasteiger partial charge in [0.05, 0.1) is 25.5 Å². The first-order valence-electron chi connectivity index (χ1n) is 8.58.